The molecule has 0 bridgehead atoms. The second kappa shape index (κ2) is 6.17. The smallest absolute Gasteiger partial charge is 0.123 e. The van der Waals surface area contributed by atoms with Crippen LogP contribution in [0.15, 0.2) is 48.5 Å². The normalized spacial score (nSPS) is 20.7. The fourth-order valence-electron chi connectivity index (χ4n) is 2.79. The Labute approximate surface area is 125 Å². The highest BCUT2D eigenvalue weighted by molar-refractivity contribution is 5.48. The van der Waals surface area contributed by atoms with Crippen LogP contribution in [0.5, 0.6) is 5.75 Å². The number of hydrogen-bond acceptors (Lipinski definition) is 2. The molecule has 1 saturated carbocycles. The van der Waals surface area contributed by atoms with Crippen molar-refractivity contribution in [3.8, 4) is 5.75 Å². The molecule has 0 spiro atoms. The summed E-state index contributed by atoms with van der Waals surface area (Å²) in [5.41, 5.74) is 2.36. The summed E-state index contributed by atoms with van der Waals surface area (Å²) in [6.45, 7) is 2.67. The Morgan fingerprint density at radius 3 is 2.33 bits per heavy atom. The zero-order valence-corrected chi connectivity index (χ0v) is 12.2. The Hall–Kier alpha value is -2.03. The minimum atomic E-state index is -0.165. The third kappa shape index (κ3) is 3.35. The molecule has 1 aliphatic rings. The second-order valence-corrected chi connectivity index (χ2v) is 5.52. The van der Waals surface area contributed by atoms with Crippen LogP contribution in [-0.2, 0) is 0 Å². The average Bonchev–Trinajstić information content (AvgIpc) is 2.46. The fourth-order valence-corrected chi connectivity index (χ4v) is 2.79. The number of rotatable bonds is 5. The van der Waals surface area contributed by atoms with Gasteiger partial charge in [-0.15, -0.1) is 0 Å². The first-order valence-corrected chi connectivity index (χ1v) is 7.49. The van der Waals surface area contributed by atoms with E-state index in [1.807, 2.05) is 31.2 Å². The lowest BCUT2D eigenvalue weighted by molar-refractivity contribution is 0.340. The van der Waals surface area contributed by atoms with E-state index in [4.69, 9.17) is 4.74 Å². The van der Waals surface area contributed by atoms with Gasteiger partial charge in [0.1, 0.15) is 11.6 Å². The summed E-state index contributed by atoms with van der Waals surface area (Å²) in [6.07, 6.45) is 2.19. The Kier molecular flexibility index (Phi) is 4.09. The Bertz CT molecular complexity index is 573. The van der Waals surface area contributed by atoms with Gasteiger partial charge in [-0.1, -0.05) is 12.1 Å². The fraction of sp³-hybridized carbons (Fsp3) is 0.333. The lowest BCUT2D eigenvalue weighted by Crippen LogP contribution is -2.33. The molecule has 0 heterocycles. The Morgan fingerprint density at radius 2 is 1.71 bits per heavy atom. The topological polar surface area (TPSA) is 21.3 Å². The van der Waals surface area contributed by atoms with E-state index in [0.717, 1.165) is 24.3 Å². The predicted octanol–water partition coefficient (Wildman–Crippen LogP) is 4.58. The number of halogens is 1. The summed E-state index contributed by atoms with van der Waals surface area (Å²) in [7, 11) is 0. The van der Waals surface area contributed by atoms with Gasteiger partial charge in [0.2, 0.25) is 0 Å². The third-order valence-electron chi connectivity index (χ3n) is 4.02. The molecule has 0 amide bonds. The molecule has 110 valence electrons. The summed E-state index contributed by atoms with van der Waals surface area (Å²) in [4.78, 5) is 0. The van der Waals surface area contributed by atoms with Crippen molar-refractivity contribution < 1.29 is 9.13 Å². The molecule has 0 radical (unpaired) electrons. The van der Waals surface area contributed by atoms with Gasteiger partial charge in [-0.05, 0) is 67.6 Å². The maximum absolute atomic E-state index is 12.9. The quantitative estimate of drug-likeness (QED) is 0.868. The maximum Gasteiger partial charge on any atom is 0.123 e. The standard InChI is InChI=1S/C18H20FNO/c1-2-21-18-9-7-16(8-10-18)20-17-11-14(12-17)13-3-5-15(19)6-4-13/h3-10,14,17,20H,2,11-12H2,1H3. The Balaban J connectivity index is 1.51. The molecule has 2 aromatic carbocycles. The third-order valence-corrected chi connectivity index (χ3v) is 4.02. The highest BCUT2D eigenvalue weighted by Gasteiger charge is 2.30. The largest absolute Gasteiger partial charge is 0.494 e. The van der Waals surface area contributed by atoms with Crippen LogP contribution in [0, 0.1) is 5.82 Å². The molecule has 0 unspecified atom stereocenters. The molecular formula is C18H20FNO. The van der Waals surface area contributed by atoms with Gasteiger partial charge in [0, 0.05) is 11.7 Å². The van der Waals surface area contributed by atoms with Crippen molar-refractivity contribution in [2.45, 2.75) is 31.7 Å². The van der Waals surface area contributed by atoms with E-state index in [1.165, 1.54) is 5.56 Å². The van der Waals surface area contributed by atoms with Crippen molar-refractivity contribution >= 4 is 5.69 Å². The first-order chi connectivity index (χ1) is 10.2. The molecule has 1 N–H and O–H groups in total. The molecular weight excluding hydrogens is 265 g/mol. The number of benzene rings is 2. The molecule has 0 atom stereocenters. The Morgan fingerprint density at radius 1 is 1.05 bits per heavy atom. The van der Waals surface area contributed by atoms with E-state index in [-0.39, 0.29) is 5.82 Å². The summed E-state index contributed by atoms with van der Waals surface area (Å²) in [6, 6.07) is 15.5. The van der Waals surface area contributed by atoms with Crippen LogP contribution in [0.25, 0.3) is 0 Å². The lowest BCUT2D eigenvalue weighted by atomic mass is 9.76. The molecule has 0 saturated heterocycles. The number of nitrogens with one attached hydrogen (secondary N) is 1. The van der Waals surface area contributed by atoms with Crippen LogP contribution in [0.4, 0.5) is 10.1 Å². The van der Waals surface area contributed by atoms with E-state index in [1.54, 1.807) is 12.1 Å². The van der Waals surface area contributed by atoms with E-state index in [2.05, 4.69) is 17.4 Å². The van der Waals surface area contributed by atoms with Crippen molar-refractivity contribution in [3.63, 3.8) is 0 Å². The zero-order valence-electron chi connectivity index (χ0n) is 12.2. The minimum absolute atomic E-state index is 0.165. The van der Waals surface area contributed by atoms with Crippen LogP contribution in [-0.4, -0.2) is 12.6 Å². The highest BCUT2D eigenvalue weighted by atomic mass is 19.1. The van der Waals surface area contributed by atoms with Crippen molar-refractivity contribution in [2.75, 3.05) is 11.9 Å². The van der Waals surface area contributed by atoms with E-state index in [9.17, 15) is 4.39 Å². The maximum atomic E-state index is 12.9. The molecule has 2 nitrogen and oxygen atoms in total. The SMILES string of the molecule is CCOc1ccc(NC2CC(c3ccc(F)cc3)C2)cc1. The summed E-state index contributed by atoms with van der Waals surface area (Å²) < 4.78 is 18.3. The molecule has 3 rings (SSSR count). The van der Waals surface area contributed by atoms with E-state index in [0.29, 0.717) is 18.6 Å². The van der Waals surface area contributed by atoms with Crippen LogP contribution >= 0.6 is 0 Å². The second-order valence-electron chi connectivity index (χ2n) is 5.52. The molecule has 3 heteroatoms. The molecule has 0 aromatic heterocycles. The first-order valence-electron chi connectivity index (χ1n) is 7.49. The van der Waals surface area contributed by atoms with E-state index >= 15 is 0 Å². The molecule has 0 aliphatic heterocycles. The van der Waals surface area contributed by atoms with Crippen LogP contribution in [0.1, 0.15) is 31.2 Å². The molecule has 21 heavy (non-hydrogen) atoms. The van der Waals surface area contributed by atoms with Crippen LogP contribution in [0.2, 0.25) is 0 Å². The van der Waals surface area contributed by atoms with Gasteiger partial charge in [0.15, 0.2) is 0 Å². The van der Waals surface area contributed by atoms with Gasteiger partial charge in [0.05, 0.1) is 6.61 Å². The first kappa shape index (κ1) is 13.9. The van der Waals surface area contributed by atoms with Crippen molar-refractivity contribution in [1.29, 1.82) is 0 Å². The van der Waals surface area contributed by atoms with Crippen molar-refractivity contribution in [1.82, 2.24) is 0 Å². The summed E-state index contributed by atoms with van der Waals surface area (Å²) >= 11 is 0. The molecule has 2 aromatic rings. The van der Waals surface area contributed by atoms with Crippen LogP contribution < -0.4 is 10.1 Å². The van der Waals surface area contributed by atoms with Crippen molar-refractivity contribution in [3.05, 3.63) is 59.9 Å². The van der Waals surface area contributed by atoms with E-state index < -0.39 is 0 Å². The van der Waals surface area contributed by atoms with Gasteiger partial charge in [-0.2, -0.15) is 0 Å². The molecule has 1 aliphatic carbocycles. The monoisotopic (exact) mass is 285 g/mol. The molecule has 1 fully saturated rings. The predicted molar refractivity (Wildman–Crippen MR) is 83.4 cm³/mol. The summed E-state index contributed by atoms with van der Waals surface area (Å²) in [5, 5.41) is 3.53. The van der Waals surface area contributed by atoms with Crippen molar-refractivity contribution in [2.24, 2.45) is 0 Å². The number of ether oxygens (including phenoxy) is 1. The number of anilines is 1. The van der Waals surface area contributed by atoms with Gasteiger partial charge >= 0.3 is 0 Å². The van der Waals surface area contributed by atoms with Gasteiger partial charge in [0.25, 0.3) is 0 Å². The minimum Gasteiger partial charge on any atom is -0.494 e. The van der Waals surface area contributed by atoms with Gasteiger partial charge in [-0.3, -0.25) is 0 Å². The summed E-state index contributed by atoms with van der Waals surface area (Å²) in [5.74, 6) is 1.29. The number of hydrogen-bond donors (Lipinski definition) is 1. The van der Waals surface area contributed by atoms with Crippen LogP contribution in [0.3, 0.4) is 0 Å². The van der Waals surface area contributed by atoms with Gasteiger partial charge < -0.3 is 10.1 Å². The highest BCUT2D eigenvalue weighted by Crippen LogP contribution is 2.38. The zero-order chi connectivity index (χ0) is 14.7. The average molecular weight is 285 g/mol. The lowest BCUT2D eigenvalue weighted by Gasteiger charge is -2.37. The van der Waals surface area contributed by atoms with Gasteiger partial charge in [-0.25, -0.2) is 4.39 Å².